The molecule has 0 aromatic heterocycles. The van der Waals surface area contributed by atoms with Crippen LogP contribution >= 0.6 is 7.82 Å². The van der Waals surface area contributed by atoms with Crippen LogP contribution < -0.4 is 0 Å². The topological polar surface area (TPSA) is 83.8 Å². The van der Waals surface area contributed by atoms with Gasteiger partial charge in [-0.1, -0.05) is 12.7 Å². The highest BCUT2D eigenvalue weighted by Crippen LogP contribution is 2.38. The highest BCUT2D eigenvalue weighted by molar-refractivity contribution is 7.46. The van der Waals surface area contributed by atoms with Crippen molar-refractivity contribution in [3.63, 3.8) is 0 Å². The maximum absolute atomic E-state index is 11.1. The summed E-state index contributed by atoms with van der Waals surface area (Å²) in [6.45, 7) is 7.96. The molecule has 0 fully saturated rings. The Morgan fingerprint density at radius 2 is 2.08 bits per heavy atom. The lowest BCUT2D eigenvalue weighted by Crippen LogP contribution is -2.21. The number of carbonyl (C=O) groups is 1. The van der Waals surface area contributed by atoms with E-state index in [4.69, 9.17) is 9.79 Å². The third kappa shape index (κ3) is 4.75. The third-order valence-corrected chi connectivity index (χ3v) is 1.65. The molecule has 0 heterocycles. The van der Waals surface area contributed by atoms with Crippen molar-refractivity contribution in [2.24, 2.45) is 0 Å². The summed E-state index contributed by atoms with van der Waals surface area (Å²) in [7, 11) is -4.67. The van der Waals surface area contributed by atoms with E-state index in [2.05, 4.69) is 17.7 Å². The summed E-state index contributed by atoms with van der Waals surface area (Å²) in [4.78, 5) is 27.9. The molecule has 0 aliphatic heterocycles. The summed E-state index contributed by atoms with van der Waals surface area (Å²) >= 11 is 0. The SMILES string of the molecule is C=CC(OP(=O)(O)O)C(=O)C(=C)C. The molecule has 2 N–H and O–H groups in total. The number of carbonyl (C=O) groups excluding carboxylic acids is 1. The van der Waals surface area contributed by atoms with E-state index in [1.165, 1.54) is 6.92 Å². The Hall–Kier alpha value is -0.740. The average molecular weight is 206 g/mol. The fraction of sp³-hybridized carbons (Fsp3) is 0.286. The number of Topliss-reactive ketones (excluding diaryl/α,β-unsaturated/α-hetero) is 1. The van der Waals surface area contributed by atoms with Gasteiger partial charge in [0.15, 0.2) is 5.78 Å². The lowest BCUT2D eigenvalue weighted by atomic mass is 10.1. The van der Waals surface area contributed by atoms with Crippen molar-refractivity contribution in [2.45, 2.75) is 13.0 Å². The number of hydrogen-bond acceptors (Lipinski definition) is 3. The first-order valence-electron chi connectivity index (χ1n) is 3.34. The highest BCUT2D eigenvalue weighted by atomic mass is 31.2. The second-order valence-corrected chi connectivity index (χ2v) is 3.59. The van der Waals surface area contributed by atoms with Crippen molar-refractivity contribution >= 4 is 13.6 Å². The van der Waals surface area contributed by atoms with Crippen molar-refractivity contribution in [3.8, 4) is 0 Å². The van der Waals surface area contributed by atoms with E-state index in [1.54, 1.807) is 0 Å². The largest absolute Gasteiger partial charge is 0.470 e. The van der Waals surface area contributed by atoms with Gasteiger partial charge in [0, 0.05) is 0 Å². The van der Waals surface area contributed by atoms with Crippen LogP contribution in [0.1, 0.15) is 6.92 Å². The Kier molecular flexibility index (Phi) is 4.23. The molecule has 6 heteroatoms. The predicted molar refractivity (Wildman–Crippen MR) is 46.9 cm³/mol. The van der Waals surface area contributed by atoms with E-state index < -0.39 is 19.7 Å². The van der Waals surface area contributed by atoms with Crippen LogP contribution in [0.4, 0.5) is 0 Å². The van der Waals surface area contributed by atoms with Gasteiger partial charge in [-0.15, -0.1) is 6.58 Å². The number of hydrogen-bond donors (Lipinski definition) is 2. The molecule has 0 saturated carbocycles. The van der Waals surface area contributed by atoms with Gasteiger partial charge in [-0.3, -0.25) is 9.32 Å². The van der Waals surface area contributed by atoms with E-state index in [0.717, 1.165) is 6.08 Å². The van der Waals surface area contributed by atoms with Crippen LogP contribution in [0.2, 0.25) is 0 Å². The Morgan fingerprint density at radius 1 is 1.62 bits per heavy atom. The molecule has 0 amide bonds. The minimum atomic E-state index is -4.67. The van der Waals surface area contributed by atoms with E-state index in [9.17, 15) is 9.36 Å². The molecular formula is C7H11O5P. The predicted octanol–water partition coefficient (Wildman–Crippen LogP) is 0.795. The first-order valence-corrected chi connectivity index (χ1v) is 4.87. The number of phosphoric ester groups is 1. The smallest absolute Gasteiger partial charge is 0.303 e. The molecule has 0 radical (unpaired) electrons. The van der Waals surface area contributed by atoms with Gasteiger partial charge in [0.25, 0.3) is 0 Å². The Labute approximate surface area is 76.0 Å². The molecule has 5 nitrogen and oxygen atoms in total. The molecule has 1 atom stereocenters. The van der Waals surface area contributed by atoms with E-state index in [0.29, 0.717) is 0 Å². The fourth-order valence-electron chi connectivity index (χ4n) is 0.589. The lowest BCUT2D eigenvalue weighted by molar-refractivity contribution is -0.120. The van der Waals surface area contributed by atoms with Crippen LogP contribution in [0.25, 0.3) is 0 Å². The highest BCUT2D eigenvalue weighted by Gasteiger charge is 2.25. The standard InChI is InChI=1S/C7H11O5P/c1-4-6(7(8)5(2)3)12-13(9,10)11/h4,6H,1-2H2,3H3,(H2,9,10,11). The normalized spacial score (nSPS) is 13.5. The summed E-state index contributed by atoms with van der Waals surface area (Å²) in [6, 6.07) is 0. The Balaban J connectivity index is 4.54. The van der Waals surface area contributed by atoms with Gasteiger partial charge in [0.1, 0.15) is 6.10 Å². The molecule has 0 aliphatic carbocycles. The summed E-state index contributed by atoms with van der Waals surface area (Å²) in [5, 5.41) is 0. The van der Waals surface area contributed by atoms with E-state index in [-0.39, 0.29) is 5.57 Å². The molecular weight excluding hydrogens is 195 g/mol. The van der Waals surface area contributed by atoms with Crippen molar-refractivity contribution < 1.29 is 23.7 Å². The lowest BCUT2D eigenvalue weighted by Gasteiger charge is -2.12. The summed E-state index contributed by atoms with van der Waals surface area (Å²) < 4.78 is 14.5. The molecule has 0 aliphatic rings. The van der Waals surface area contributed by atoms with Gasteiger partial charge in [-0.2, -0.15) is 0 Å². The van der Waals surface area contributed by atoms with E-state index >= 15 is 0 Å². The first kappa shape index (κ1) is 12.3. The van der Waals surface area contributed by atoms with Crippen LogP contribution in [-0.4, -0.2) is 21.7 Å². The Bertz CT molecular complexity index is 277. The number of rotatable bonds is 5. The van der Waals surface area contributed by atoms with Gasteiger partial charge in [-0.25, -0.2) is 4.57 Å². The van der Waals surface area contributed by atoms with Crippen molar-refractivity contribution in [3.05, 3.63) is 24.8 Å². The van der Waals surface area contributed by atoms with E-state index in [1.807, 2.05) is 0 Å². The molecule has 0 rings (SSSR count). The van der Waals surface area contributed by atoms with Crippen molar-refractivity contribution in [1.29, 1.82) is 0 Å². The molecule has 74 valence electrons. The molecule has 0 saturated heterocycles. The average Bonchev–Trinajstić information content (AvgIpc) is 1.97. The quantitative estimate of drug-likeness (QED) is 0.394. The summed E-state index contributed by atoms with van der Waals surface area (Å²) in [5.41, 5.74) is 0.151. The number of ketones is 1. The van der Waals surface area contributed by atoms with Crippen LogP contribution in [-0.2, 0) is 13.9 Å². The fourth-order valence-corrected chi connectivity index (χ4v) is 1.07. The second kappa shape index (κ2) is 4.48. The first-order chi connectivity index (χ1) is 5.78. The summed E-state index contributed by atoms with van der Waals surface area (Å²) in [5.74, 6) is -0.599. The molecule has 13 heavy (non-hydrogen) atoms. The Morgan fingerprint density at radius 3 is 2.31 bits per heavy atom. The van der Waals surface area contributed by atoms with Crippen molar-refractivity contribution in [2.75, 3.05) is 0 Å². The molecule has 0 aromatic carbocycles. The maximum Gasteiger partial charge on any atom is 0.470 e. The van der Waals surface area contributed by atoms with Gasteiger partial charge in [0.2, 0.25) is 0 Å². The molecule has 1 unspecified atom stereocenters. The third-order valence-electron chi connectivity index (χ3n) is 1.14. The minimum absolute atomic E-state index is 0.151. The van der Waals surface area contributed by atoms with Crippen LogP contribution in [0.5, 0.6) is 0 Å². The maximum atomic E-state index is 11.1. The zero-order chi connectivity index (χ0) is 10.6. The van der Waals surface area contributed by atoms with Gasteiger partial charge >= 0.3 is 7.82 Å². The zero-order valence-corrected chi connectivity index (χ0v) is 8.03. The van der Waals surface area contributed by atoms with Crippen LogP contribution in [0.15, 0.2) is 24.8 Å². The molecule has 0 aromatic rings. The van der Waals surface area contributed by atoms with Gasteiger partial charge in [0.05, 0.1) is 0 Å². The summed E-state index contributed by atoms with van der Waals surface area (Å²) in [6.07, 6.45) is -0.325. The van der Waals surface area contributed by atoms with Gasteiger partial charge < -0.3 is 9.79 Å². The molecule has 0 bridgehead atoms. The van der Waals surface area contributed by atoms with Crippen molar-refractivity contribution in [1.82, 2.24) is 0 Å². The number of phosphoric acid groups is 1. The van der Waals surface area contributed by atoms with Crippen LogP contribution in [0, 0.1) is 0 Å². The van der Waals surface area contributed by atoms with Gasteiger partial charge in [-0.05, 0) is 12.5 Å². The monoisotopic (exact) mass is 206 g/mol. The minimum Gasteiger partial charge on any atom is -0.303 e. The zero-order valence-electron chi connectivity index (χ0n) is 7.14. The molecule has 0 spiro atoms. The second-order valence-electron chi connectivity index (χ2n) is 2.40. The van der Waals surface area contributed by atoms with Crippen LogP contribution in [0.3, 0.4) is 0 Å².